The number of benzene rings is 2. The van der Waals surface area contributed by atoms with E-state index in [1.807, 2.05) is 61.5 Å². The summed E-state index contributed by atoms with van der Waals surface area (Å²) in [7, 11) is 0. The van der Waals surface area contributed by atoms with Crippen molar-refractivity contribution in [1.82, 2.24) is 25.7 Å². The van der Waals surface area contributed by atoms with Crippen molar-refractivity contribution in [2.45, 2.75) is 38.5 Å². The summed E-state index contributed by atoms with van der Waals surface area (Å²) in [6.45, 7) is 2.50. The Hall–Kier alpha value is -3.65. The fourth-order valence-corrected chi connectivity index (χ4v) is 3.73. The van der Waals surface area contributed by atoms with E-state index in [0.717, 1.165) is 18.4 Å². The number of urea groups is 1. The Bertz CT molecular complexity index is 1050. The molecular weight excluding hydrogens is 404 g/mol. The van der Waals surface area contributed by atoms with E-state index in [0.29, 0.717) is 24.5 Å². The van der Waals surface area contributed by atoms with Crippen molar-refractivity contribution in [2.24, 2.45) is 0 Å². The van der Waals surface area contributed by atoms with Crippen molar-refractivity contribution in [3.63, 3.8) is 0 Å². The summed E-state index contributed by atoms with van der Waals surface area (Å²) in [5.41, 5.74) is 2.88. The van der Waals surface area contributed by atoms with E-state index in [4.69, 9.17) is 0 Å². The van der Waals surface area contributed by atoms with Crippen LogP contribution in [0.5, 0.6) is 0 Å². The quantitative estimate of drug-likeness (QED) is 0.431. The molecule has 4 rings (SSSR count). The minimum absolute atomic E-state index is 0.00205. The first-order chi connectivity index (χ1) is 15.6. The Morgan fingerprint density at radius 2 is 1.84 bits per heavy atom. The highest BCUT2D eigenvalue weighted by atomic mass is 16.2. The standard InChI is InChI=1S/C24H28N6O2/c1-17-15-22(31)28-23(26-17)30-21(16-20(29-30)19-12-6-3-7-13-19)27-24(32)25-14-8-11-18-9-4-2-5-10-18/h2-7,9-10,12-13,16-17,23,26H,8,11,14-15H2,1H3,(H,28,31)(H2,25,27,32). The Morgan fingerprint density at radius 1 is 1.12 bits per heavy atom. The van der Waals surface area contributed by atoms with Crippen LogP contribution >= 0.6 is 0 Å². The molecule has 32 heavy (non-hydrogen) atoms. The molecule has 1 aromatic heterocycles. The molecule has 3 amide bonds. The molecule has 4 N–H and O–H groups in total. The zero-order valence-electron chi connectivity index (χ0n) is 18.0. The molecule has 0 spiro atoms. The van der Waals surface area contributed by atoms with E-state index in [2.05, 4.69) is 38.5 Å². The zero-order chi connectivity index (χ0) is 22.3. The summed E-state index contributed by atoms with van der Waals surface area (Å²) in [5, 5.41) is 16.6. The van der Waals surface area contributed by atoms with Crippen LogP contribution in [0.4, 0.5) is 10.6 Å². The van der Waals surface area contributed by atoms with Crippen LogP contribution in [0, 0.1) is 0 Å². The van der Waals surface area contributed by atoms with Gasteiger partial charge in [-0.1, -0.05) is 60.7 Å². The molecule has 8 heteroatoms. The van der Waals surface area contributed by atoms with Crippen LogP contribution < -0.4 is 21.3 Å². The number of carbonyl (C=O) groups excluding carboxylic acids is 2. The molecule has 2 aromatic carbocycles. The molecule has 2 atom stereocenters. The minimum atomic E-state index is -0.544. The van der Waals surface area contributed by atoms with Gasteiger partial charge in [-0.05, 0) is 25.3 Å². The molecule has 0 saturated carbocycles. The van der Waals surface area contributed by atoms with E-state index >= 15 is 0 Å². The number of nitrogens with zero attached hydrogens (tertiary/aromatic N) is 2. The number of amides is 3. The number of anilines is 1. The predicted molar refractivity (Wildman–Crippen MR) is 124 cm³/mol. The Balaban J connectivity index is 1.44. The number of nitrogens with one attached hydrogen (secondary N) is 4. The molecule has 1 aliphatic rings. The largest absolute Gasteiger partial charge is 0.338 e. The Labute approximate surface area is 187 Å². The minimum Gasteiger partial charge on any atom is -0.338 e. The van der Waals surface area contributed by atoms with Gasteiger partial charge >= 0.3 is 6.03 Å². The van der Waals surface area contributed by atoms with Gasteiger partial charge in [0.1, 0.15) is 5.82 Å². The van der Waals surface area contributed by atoms with Crippen molar-refractivity contribution < 1.29 is 9.59 Å². The van der Waals surface area contributed by atoms with E-state index in [1.165, 1.54) is 5.56 Å². The third kappa shape index (κ3) is 5.53. The normalized spacial score (nSPS) is 18.1. The molecule has 8 nitrogen and oxygen atoms in total. The second-order valence-electron chi connectivity index (χ2n) is 7.94. The predicted octanol–water partition coefficient (Wildman–Crippen LogP) is 3.26. The molecule has 0 bridgehead atoms. The van der Waals surface area contributed by atoms with Gasteiger partial charge in [-0.25, -0.2) is 9.48 Å². The van der Waals surface area contributed by atoms with Gasteiger partial charge in [0.15, 0.2) is 6.29 Å². The first-order valence-electron chi connectivity index (χ1n) is 10.9. The van der Waals surface area contributed by atoms with Crippen LogP contribution in [0.2, 0.25) is 0 Å². The number of aromatic nitrogens is 2. The molecular formula is C24H28N6O2. The lowest BCUT2D eigenvalue weighted by atomic mass is 10.1. The lowest BCUT2D eigenvalue weighted by Gasteiger charge is -2.30. The number of hydrogen-bond donors (Lipinski definition) is 4. The van der Waals surface area contributed by atoms with Crippen molar-refractivity contribution in [1.29, 1.82) is 0 Å². The molecule has 0 aliphatic carbocycles. The van der Waals surface area contributed by atoms with Crippen LogP contribution in [0.3, 0.4) is 0 Å². The number of rotatable bonds is 7. The molecule has 2 unspecified atom stereocenters. The summed E-state index contributed by atoms with van der Waals surface area (Å²) in [4.78, 5) is 24.6. The molecule has 2 heterocycles. The summed E-state index contributed by atoms with van der Waals surface area (Å²) in [5.74, 6) is 0.436. The highest BCUT2D eigenvalue weighted by molar-refractivity contribution is 5.89. The third-order valence-electron chi connectivity index (χ3n) is 5.29. The average molecular weight is 433 g/mol. The zero-order valence-corrected chi connectivity index (χ0v) is 18.0. The van der Waals surface area contributed by atoms with Crippen molar-refractivity contribution in [3.05, 3.63) is 72.3 Å². The van der Waals surface area contributed by atoms with Crippen LogP contribution in [0.25, 0.3) is 11.3 Å². The molecule has 1 saturated heterocycles. The van der Waals surface area contributed by atoms with E-state index in [9.17, 15) is 9.59 Å². The maximum absolute atomic E-state index is 12.6. The van der Waals surface area contributed by atoms with Gasteiger partial charge in [-0.3, -0.25) is 15.4 Å². The molecule has 0 radical (unpaired) electrons. The van der Waals surface area contributed by atoms with Crippen LogP contribution in [0.15, 0.2) is 66.7 Å². The highest BCUT2D eigenvalue weighted by Crippen LogP contribution is 2.24. The van der Waals surface area contributed by atoms with Crippen LogP contribution in [-0.4, -0.2) is 34.3 Å². The average Bonchev–Trinajstić information content (AvgIpc) is 3.21. The van der Waals surface area contributed by atoms with Gasteiger partial charge in [0.25, 0.3) is 0 Å². The number of carbonyl (C=O) groups is 2. The van der Waals surface area contributed by atoms with Crippen molar-refractivity contribution >= 4 is 17.8 Å². The third-order valence-corrected chi connectivity index (χ3v) is 5.29. The van der Waals surface area contributed by atoms with Crippen LogP contribution in [0.1, 0.15) is 31.6 Å². The first kappa shape index (κ1) is 21.6. The lowest BCUT2D eigenvalue weighted by Crippen LogP contribution is -2.52. The number of hydrogen-bond acceptors (Lipinski definition) is 4. The molecule has 166 valence electrons. The summed E-state index contributed by atoms with van der Waals surface area (Å²) in [6, 6.07) is 21.4. The van der Waals surface area contributed by atoms with Crippen molar-refractivity contribution in [3.8, 4) is 11.3 Å². The van der Waals surface area contributed by atoms with E-state index in [1.54, 1.807) is 4.68 Å². The van der Waals surface area contributed by atoms with Gasteiger partial charge in [0.05, 0.1) is 5.69 Å². The monoisotopic (exact) mass is 432 g/mol. The van der Waals surface area contributed by atoms with Gasteiger partial charge in [0.2, 0.25) is 5.91 Å². The fraction of sp³-hybridized carbons (Fsp3) is 0.292. The van der Waals surface area contributed by atoms with E-state index < -0.39 is 6.29 Å². The van der Waals surface area contributed by atoms with Crippen LogP contribution in [-0.2, 0) is 11.2 Å². The van der Waals surface area contributed by atoms with Gasteiger partial charge in [-0.2, -0.15) is 5.10 Å². The summed E-state index contributed by atoms with van der Waals surface area (Å²) in [6.07, 6.45) is 1.59. The fourth-order valence-electron chi connectivity index (χ4n) is 3.73. The molecule has 3 aromatic rings. The second-order valence-corrected chi connectivity index (χ2v) is 7.94. The van der Waals surface area contributed by atoms with E-state index in [-0.39, 0.29) is 18.0 Å². The van der Waals surface area contributed by atoms with Crippen molar-refractivity contribution in [2.75, 3.05) is 11.9 Å². The maximum Gasteiger partial charge on any atom is 0.320 e. The number of aryl methyl sites for hydroxylation is 1. The SMILES string of the molecule is CC1CC(=O)NC(n2nc(-c3ccccc3)cc2NC(=O)NCCCc2ccccc2)N1. The lowest BCUT2D eigenvalue weighted by molar-refractivity contribution is -0.125. The topological polar surface area (TPSA) is 100 Å². The summed E-state index contributed by atoms with van der Waals surface area (Å²) >= 11 is 0. The smallest absolute Gasteiger partial charge is 0.320 e. The molecule has 1 fully saturated rings. The second kappa shape index (κ2) is 10.1. The Kier molecular flexibility index (Phi) is 6.81. The molecule has 1 aliphatic heterocycles. The van der Waals surface area contributed by atoms with Gasteiger partial charge in [0, 0.05) is 30.6 Å². The Morgan fingerprint density at radius 3 is 2.56 bits per heavy atom. The first-order valence-corrected chi connectivity index (χ1v) is 10.9. The van der Waals surface area contributed by atoms with Gasteiger partial charge in [-0.15, -0.1) is 0 Å². The highest BCUT2D eigenvalue weighted by Gasteiger charge is 2.27. The summed E-state index contributed by atoms with van der Waals surface area (Å²) < 4.78 is 1.61. The van der Waals surface area contributed by atoms with Gasteiger partial charge < -0.3 is 10.6 Å². The maximum atomic E-state index is 12.6.